The Morgan fingerprint density at radius 3 is 2.44 bits per heavy atom. The molecule has 0 aliphatic rings. The van der Waals surface area contributed by atoms with Crippen molar-refractivity contribution >= 4 is 16.9 Å². The largest absolute Gasteiger partial charge is 0.497 e. The fourth-order valence-electron chi connectivity index (χ4n) is 4.08. The Hall–Kier alpha value is -3.57. The zero-order valence-corrected chi connectivity index (χ0v) is 18.5. The van der Waals surface area contributed by atoms with E-state index in [-0.39, 0.29) is 0 Å². The second-order valence-corrected chi connectivity index (χ2v) is 8.00. The molecule has 0 spiro atoms. The molecule has 0 bridgehead atoms. The van der Waals surface area contributed by atoms with E-state index < -0.39 is 5.97 Å². The number of hydrogen-bond donors (Lipinski definition) is 2. The predicted molar refractivity (Wildman–Crippen MR) is 128 cm³/mol. The molecule has 0 aliphatic heterocycles. The van der Waals surface area contributed by atoms with Gasteiger partial charge in [0.25, 0.3) is 0 Å². The van der Waals surface area contributed by atoms with Crippen molar-refractivity contribution in [3.05, 3.63) is 101 Å². The standard InChI is InChI=1S/C27H28N2O3/c1-19-8-10-21(11-9-19)18-29-25-16-22(32-2)12-13-23(25)24(26(29)27(30)31)17-28-15-14-20-6-4-3-5-7-20/h3-13,16,28H,14-15,17-18H2,1-2H3,(H,30,31). The van der Waals surface area contributed by atoms with Gasteiger partial charge in [0.2, 0.25) is 0 Å². The highest BCUT2D eigenvalue weighted by Gasteiger charge is 2.22. The van der Waals surface area contributed by atoms with Crippen LogP contribution in [0.25, 0.3) is 10.9 Å². The van der Waals surface area contributed by atoms with E-state index in [0.717, 1.165) is 35.0 Å². The monoisotopic (exact) mass is 428 g/mol. The molecule has 4 aromatic rings. The number of nitrogens with one attached hydrogen (secondary N) is 1. The highest BCUT2D eigenvalue weighted by molar-refractivity contribution is 5.98. The number of nitrogens with zero attached hydrogens (tertiary/aromatic N) is 1. The van der Waals surface area contributed by atoms with Crippen LogP contribution in [-0.2, 0) is 19.5 Å². The summed E-state index contributed by atoms with van der Waals surface area (Å²) < 4.78 is 7.31. The van der Waals surface area contributed by atoms with Crippen LogP contribution in [0.5, 0.6) is 5.75 Å². The minimum atomic E-state index is -0.924. The van der Waals surface area contributed by atoms with Crippen LogP contribution in [-0.4, -0.2) is 29.3 Å². The van der Waals surface area contributed by atoms with Crippen LogP contribution in [0, 0.1) is 6.92 Å². The third kappa shape index (κ3) is 4.68. The van der Waals surface area contributed by atoms with Crippen LogP contribution >= 0.6 is 0 Å². The summed E-state index contributed by atoms with van der Waals surface area (Å²) >= 11 is 0. The number of hydrogen-bond acceptors (Lipinski definition) is 3. The van der Waals surface area contributed by atoms with Gasteiger partial charge in [-0.15, -0.1) is 0 Å². The Morgan fingerprint density at radius 2 is 1.75 bits per heavy atom. The molecular formula is C27H28N2O3. The molecule has 0 amide bonds. The van der Waals surface area contributed by atoms with Crippen molar-refractivity contribution in [2.24, 2.45) is 0 Å². The molecule has 0 atom stereocenters. The van der Waals surface area contributed by atoms with Crippen LogP contribution in [0.1, 0.15) is 32.7 Å². The Balaban J connectivity index is 1.68. The van der Waals surface area contributed by atoms with Crippen LogP contribution in [0.3, 0.4) is 0 Å². The van der Waals surface area contributed by atoms with E-state index >= 15 is 0 Å². The van der Waals surface area contributed by atoms with Gasteiger partial charge in [-0.2, -0.15) is 0 Å². The second-order valence-electron chi connectivity index (χ2n) is 8.00. The molecule has 2 N–H and O–H groups in total. The van der Waals surface area contributed by atoms with Gasteiger partial charge in [0.15, 0.2) is 0 Å². The Kier molecular flexibility index (Phi) is 6.57. The van der Waals surface area contributed by atoms with Gasteiger partial charge in [0.1, 0.15) is 11.4 Å². The van der Waals surface area contributed by atoms with E-state index in [0.29, 0.717) is 24.5 Å². The number of carboxylic acids is 1. The first-order valence-corrected chi connectivity index (χ1v) is 10.8. The second kappa shape index (κ2) is 9.71. The number of methoxy groups -OCH3 is 1. The molecule has 0 saturated carbocycles. The summed E-state index contributed by atoms with van der Waals surface area (Å²) in [7, 11) is 1.62. The molecular weight excluding hydrogens is 400 g/mol. The summed E-state index contributed by atoms with van der Waals surface area (Å²) in [4.78, 5) is 12.4. The summed E-state index contributed by atoms with van der Waals surface area (Å²) in [6.07, 6.45) is 0.888. The fraction of sp³-hybridized carbons (Fsp3) is 0.222. The lowest BCUT2D eigenvalue weighted by atomic mass is 10.1. The molecule has 0 fully saturated rings. The first kappa shape index (κ1) is 21.7. The SMILES string of the molecule is COc1ccc2c(CNCCc3ccccc3)c(C(=O)O)n(Cc3ccc(C)cc3)c2c1. The minimum Gasteiger partial charge on any atom is -0.497 e. The van der Waals surface area contributed by atoms with Gasteiger partial charge in [-0.05, 0) is 43.1 Å². The van der Waals surface area contributed by atoms with E-state index in [4.69, 9.17) is 4.74 Å². The highest BCUT2D eigenvalue weighted by atomic mass is 16.5. The molecule has 0 radical (unpaired) electrons. The summed E-state index contributed by atoms with van der Waals surface area (Å²) in [5.74, 6) is -0.215. The lowest BCUT2D eigenvalue weighted by Gasteiger charge is -2.11. The van der Waals surface area contributed by atoms with E-state index in [9.17, 15) is 9.90 Å². The maximum absolute atomic E-state index is 12.4. The van der Waals surface area contributed by atoms with Crippen molar-refractivity contribution in [2.75, 3.05) is 13.7 Å². The zero-order valence-electron chi connectivity index (χ0n) is 18.5. The zero-order chi connectivity index (χ0) is 22.5. The summed E-state index contributed by atoms with van der Waals surface area (Å²) in [6.45, 7) is 3.78. The molecule has 0 saturated heterocycles. The highest BCUT2D eigenvalue weighted by Crippen LogP contribution is 2.30. The maximum atomic E-state index is 12.4. The van der Waals surface area contributed by atoms with E-state index in [1.54, 1.807) is 7.11 Å². The van der Waals surface area contributed by atoms with Crippen LogP contribution < -0.4 is 10.1 Å². The lowest BCUT2D eigenvalue weighted by Crippen LogP contribution is -2.19. The molecule has 0 aliphatic carbocycles. The van der Waals surface area contributed by atoms with Crippen molar-refractivity contribution in [3.63, 3.8) is 0 Å². The number of ether oxygens (including phenoxy) is 1. The first-order chi connectivity index (χ1) is 15.6. The predicted octanol–water partition coefficient (Wildman–Crippen LogP) is 5.04. The molecule has 5 nitrogen and oxygen atoms in total. The van der Waals surface area contributed by atoms with Crippen LogP contribution in [0.15, 0.2) is 72.8 Å². The van der Waals surface area contributed by atoms with Gasteiger partial charge in [-0.3, -0.25) is 0 Å². The average molecular weight is 429 g/mol. The van der Waals surface area contributed by atoms with E-state index in [1.165, 1.54) is 11.1 Å². The quantitative estimate of drug-likeness (QED) is 0.367. The third-order valence-corrected chi connectivity index (χ3v) is 5.78. The topological polar surface area (TPSA) is 63.5 Å². The number of aromatic nitrogens is 1. The number of carboxylic acid groups (broad SMARTS) is 1. The smallest absolute Gasteiger partial charge is 0.352 e. The Bertz CT molecular complexity index is 1210. The van der Waals surface area contributed by atoms with Gasteiger partial charge in [0.05, 0.1) is 12.6 Å². The Morgan fingerprint density at radius 1 is 1.00 bits per heavy atom. The number of rotatable bonds is 9. The summed E-state index contributed by atoms with van der Waals surface area (Å²) in [6, 6.07) is 24.2. The van der Waals surface area contributed by atoms with Crippen molar-refractivity contribution in [1.82, 2.24) is 9.88 Å². The molecule has 164 valence electrons. The van der Waals surface area contributed by atoms with Crippen molar-refractivity contribution in [2.45, 2.75) is 26.4 Å². The van der Waals surface area contributed by atoms with E-state index in [2.05, 4.69) is 17.4 Å². The molecule has 1 heterocycles. The number of carbonyl (C=O) groups is 1. The fourth-order valence-corrected chi connectivity index (χ4v) is 4.08. The lowest BCUT2D eigenvalue weighted by molar-refractivity contribution is 0.0684. The van der Waals surface area contributed by atoms with Gasteiger partial charge in [0, 0.05) is 30.1 Å². The third-order valence-electron chi connectivity index (χ3n) is 5.78. The van der Waals surface area contributed by atoms with E-state index in [1.807, 2.05) is 72.2 Å². The average Bonchev–Trinajstić information content (AvgIpc) is 3.11. The van der Waals surface area contributed by atoms with Crippen LogP contribution in [0.2, 0.25) is 0 Å². The van der Waals surface area contributed by atoms with Crippen LogP contribution in [0.4, 0.5) is 0 Å². The molecule has 0 unspecified atom stereocenters. The summed E-state index contributed by atoms with van der Waals surface area (Å²) in [5.41, 5.74) is 5.47. The van der Waals surface area contributed by atoms with Crippen molar-refractivity contribution < 1.29 is 14.6 Å². The normalized spacial score (nSPS) is 11.1. The molecule has 4 rings (SSSR count). The van der Waals surface area contributed by atoms with Gasteiger partial charge >= 0.3 is 5.97 Å². The minimum absolute atomic E-state index is 0.320. The number of aromatic carboxylic acids is 1. The number of benzene rings is 3. The molecule has 32 heavy (non-hydrogen) atoms. The molecule has 3 aromatic carbocycles. The summed E-state index contributed by atoms with van der Waals surface area (Å²) in [5, 5.41) is 14.5. The Labute approximate surface area is 188 Å². The van der Waals surface area contributed by atoms with Gasteiger partial charge in [-0.1, -0.05) is 60.2 Å². The van der Waals surface area contributed by atoms with Crippen molar-refractivity contribution in [3.8, 4) is 5.75 Å². The molecule has 5 heteroatoms. The first-order valence-electron chi connectivity index (χ1n) is 10.8. The van der Waals surface area contributed by atoms with Crippen molar-refractivity contribution in [1.29, 1.82) is 0 Å². The number of fused-ring (bicyclic) bond motifs is 1. The van der Waals surface area contributed by atoms with Gasteiger partial charge in [-0.25, -0.2) is 4.79 Å². The number of aryl methyl sites for hydroxylation is 1. The molecule has 1 aromatic heterocycles. The maximum Gasteiger partial charge on any atom is 0.352 e. The van der Waals surface area contributed by atoms with Gasteiger partial charge < -0.3 is 19.7 Å².